The highest BCUT2D eigenvalue weighted by Gasteiger charge is 2.21. The van der Waals surface area contributed by atoms with Gasteiger partial charge in [0.15, 0.2) is 0 Å². The van der Waals surface area contributed by atoms with Crippen molar-refractivity contribution in [3.05, 3.63) is 187 Å². The Balaban J connectivity index is 1.06. The summed E-state index contributed by atoms with van der Waals surface area (Å²) in [4.78, 5) is 9.38. The first-order valence-corrected chi connectivity index (χ1v) is 20.2. The molecule has 0 unspecified atom stereocenters. The Labute approximate surface area is 332 Å². The van der Waals surface area contributed by atoms with Gasteiger partial charge in [0.05, 0.1) is 22.4 Å². The van der Waals surface area contributed by atoms with Gasteiger partial charge in [-0.2, -0.15) is 0 Å². The highest BCUT2D eigenvalue weighted by atomic mass is 32.1. The van der Waals surface area contributed by atoms with Crippen molar-refractivity contribution in [1.29, 1.82) is 0 Å². The number of thiophene rings is 1. The van der Waals surface area contributed by atoms with Crippen LogP contribution in [0.1, 0.15) is 23.4 Å². The molecule has 0 saturated heterocycles. The summed E-state index contributed by atoms with van der Waals surface area (Å²) in [6.07, 6.45) is 7.80. The Morgan fingerprint density at radius 3 is 1.96 bits per heavy atom. The molecule has 6 aromatic carbocycles. The highest BCUT2D eigenvalue weighted by Crippen LogP contribution is 2.42. The third-order valence-corrected chi connectivity index (χ3v) is 12.8. The van der Waals surface area contributed by atoms with Crippen LogP contribution >= 0.6 is 11.3 Å². The summed E-state index contributed by atoms with van der Waals surface area (Å²) in [5, 5.41) is 6.15. The molecule has 0 bridgehead atoms. The van der Waals surface area contributed by atoms with E-state index in [0.717, 1.165) is 68.9 Å². The van der Waals surface area contributed by atoms with Gasteiger partial charge < -0.3 is 8.98 Å². The van der Waals surface area contributed by atoms with Gasteiger partial charge in [0.1, 0.15) is 11.3 Å². The first-order chi connectivity index (χ1) is 28.2. The number of aromatic nitrogens is 3. The monoisotopic (exact) mass is 747 g/mol. The van der Waals surface area contributed by atoms with Gasteiger partial charge in [0.25, 0.3) is 0 Å². The zero-order valence-corrected chi connectivity index (χ0v) is 31.6. The molecule has 5 heteroatoms. The Hall–Kier alpha value is -7.08. The topological polar surface area (TPSA) is 43.9 Å². The fourth-order valence-electron chi connectivity index (χ4n) is 8.92. The van der Waals surface area contributed by atoms with Crippen molar-refractivity contribution in [3.63, 3.8) is 0 Å². The van der Waals surface area contributed by atoms with Crippen molar-refractivity contribution in [2.45, 2.75) is 12.8 Å². The summed E-state index contributed by atoms with van der Waals surface area (Å²) < 4.78 is 11.5. The van der Waals surface area contributed by atoms with Crippen molar-refractivity contribution in [1.82, 2.24) is 14.5 Å². The van der Waals surface area contributed by atoms with Gasteiger partial charge in [0, 0.05) is 72.0 Å². The van der Waals surface area contributed by atoms with Crippen molar-refractivity contribution >= 4 is 75.9 Å². The van der Waals surface area contributed by atoms with E-state index in [9.17, 15) is 0 Å². The van der Waals surface area contributed by atoms with Crippen molar-refractivity contribution in [2.75, 3.05) is 0 Å². The molecule has 11 aromatic rings. The maximum Gasteiger partial charge on any atom is 0.134 e. The first kappa shape index (κ1) is 32.2. The number of furan rings is 1. The molecule has 0 fully saturated rings. The summed E-state index contributed by atoms with van der Waals surface area (Å²) in [7, 11) is 0. The van der Waals surface area contributed by atoms with E-state index < -0.39 is 0 Å². The summed E-state index contributed by atoms with van der Waals surface area (Å²) in [5.41, 5.74) is 14.6. The molecule has 0 spiro atoms. The molecule has 4 nitrogen and oxygen atoms in total. The van der Waals surface area contributed by atoms with Crippen molar-refractivity contribution in [3.8, 4) is 39.2 Å². The zero-order chi connectivity index (χ0) is 37.5. The number of rotatable bonds is 5. The van der Waals surface area contributed by atoms with E-state index >= 15 is 0 Å². The molecule has 0 saturated carbocycles. The lowest BCUT2D eigenvalue weighted by molar-refractivity contribution is 0.547. The number of fused-ring (bicyclic) bond motifs is 9. The minimum Gasteiger partial charge on any atom is -0.460 e. The van der Waals surface area contributed by atoms with Gasteiger partial charge >= 0.3 is 0 Å². The summed E-state index contributed by atoms with van der Waals surface area (Å²) in [6.45, 7) is 0. The van der Waals surface area contributed by atoms with Crippen LogP contribution in [0.3, 0.4) is 0 Å². The standard InChI is InChI=1S/C52H33N3OS/c1-2-10-38(46-13-6-8-26-54-46)37(9-1)34-16-21-48-41(29-34)40-27-32(15-20-47(40)55(48)36-19-24-52-44(31-36)39-11-3-4-14-51(39)57-52)33-17-22-49-42(28-33)43-30-35(18-23-50(43)56-49)45-12-5-7-25-53-45/h1-17,19-22,24-31H,18,23H2. The molecular formula is C52H33N3OS. The smallest absolute Gasteiger partial charge is 0.134 e. The molecule has 1 aliphatic carbocycles. The second-order valence-electron chi connectivity index (χ2n) is 14.9. The number of hydrogen-bond donors (Lipinski definition) is 0. The fourth-order valence-corrected chi connectivity index (χ4v) is 10.0. The van der Waals surface area contributed by atoms with E-state index in [-0.39, 0.29) is 0 Å². The maximum atomic E-state index is 6.42. The lowest BCUT2D eigenvalue weighted by Crippen LogP contribution is -1.97. The van der Waals surface area contributed by atoms with Gasteiger partial charge in [-0.1, -0.05) is 72.8 Å². The predicted octanol–water partition coefficient (Wildman–Crippen LogP) is 14.2. The van der Waals surface area contributed by atoms with Crippen LogP contribution < -0.4 is 0 Å². The summed E-state index contributed by atoms with van der Waals surface area (Å²) in [6, 6.07) is 57.0. The molecule has 1 aliphatic rings. The van der Waals surface area contributed by atoms with Crippen LogP contribution in [0.5, 0.6) is 0 Å². The number of aryl methyl sites for hydroxylation is 1. The van der Waals surface area contributed by atoms with Crippen LogP contribution in [0.25, 0.3) is 104 Å². The van der Waals surface area contributed by atoms with Crippen LogP contribution in [0.15, 0.2) is 175 Å². The molecule has 0 N–H and O–H groups in total. The summed E-state index contributed by atoms with van der Waals surface area (Å²) >= 11 is 1.85. The van der Waals surface area contributed by atoms with Crippen molar-refractivity contribution in [2.24, 2.45) is 0 Å². The van der Waals surface area contributed by atoms with E-state index in [2.05, 4.69) is 161 Å². The normalized spacial score (nSPS) is 12.9. The first-order valence-electron chi connectivity index (χ1n) is 19.4. The SMILES string of the molecule is C1=C(c2ccccn2)CCc2oc3ccc(-c4ccc5c(c4)c4cc(-c6ccccc6-c6ccccn6)ccc4n5-c4ccc5sc6ccccc6c5c4)cc3c21. The molecule has 12 rings (SSSR count). The lowest BCUT2D eigenvalue weighted by atomic mass is 9.93. The van der Waals surface area contributed by atoms with Crippen LogP contribution in [-0.2, 0) is 6.42 Å². The largest absolute Gasteiger partial charge is 0.460 e. The maximum absolute atomic E-state index is 6.42. The highest BCUT2D eigenvalue weighted by molar-refractivity contribution is 7.25. The second-order valence-corrected chi connectivity index (χ2v) is 16.0. The van der Waals surface area contributed by atoms with E-state index in [1.807, 2.05) is 35.9 Å². The predicted molar refractivity (Wildman–Crippen MR) is 238 cm³/mol. The Kier molecular flexibility index (Phi) is 7.19. The quantitative estimate of drug-likeness (QED) is 0.176. The zero-order valence-electron chi connectivity index (χ0n) is 30.8. The van der Waals surface area contributed by atoms with Gasteiger partial charge in [-0.3, -0.25) is 9.97 Å². The number of pyridine rings is 2. The average Bonchev–Trinajstić information content (AvgIpc) is 3.95. The third kappa shape index (κ3) is 5.20. The molecule has 57 heavy (non-hydrogen) atoms. The molecule has 0 aliphatic heterocycles. The number of nitrogens with zero attached hydrogens (tertiary/aromatic N) is 3. The van der Waals surface area contributed by atoms with E-state index in [1.54, 1.807) is 0 Å². The Morgan fingerprint density at radius 2 is 1.16 bits per heavy atom. The third-order valence-electron chi connectivity index (χ3n) is 11.6. The fraction of sp³-hybridized carbons (Fsp3) is 0.0385. The van der Waals surface area contributed by atoms with Crippen LogP contribution in [0, 0.1) is 0 Å². The molecule has 0 amide bonds. The molecule has 5 heterocycles. The van der Waals surface area contributed by atoms with Crippen LogP contribution in [0.4, 0.5) is 0 Å². The molecule has 0 atom stereocenters. The Morgan fingerprint density at radius 1 is 0.491 bits per heavy atom. The van der Waals surface area contributed by atoms with Crippen LogP contribution in [-0.4, -0.2) is 14.5 Å². The van der Waals surface area contributed by atoms with Crippen LogP contribution in [0.2, 0.25) is 0 Å². The molecule has 268 valence electrons. The van der Waals surface area contributed by atoms with Crippen molar-refractivity contribution < 1.29 is 4.42 Å². The van der Waals surface area contributed by atoms with E-state index in [1.165, 1.54) is 58.7 Å². The minimum absolute atomic E-state index is 0.867. The minimum atomic E-state index is 0.867. The van der Waals surface area contributed by atoms with E-state index in [0.29, 0.717) is 0 Å². The lowest BCUT2D eigenvalue weighted by Gasteiger charge is -2.12. The number of hydrogen-bond acceptors (Lipinski definition) is 4. The molecule has 5 aromatic heterocycles. The molecule has 0 radical (unpaired) electrons. The van der Waals surface area contributed by atoms with Gasteiger partial charge in [-0.25, -0.2) is 0 Å². The Bertz CT molecular complexity index is 3410. The second kappa shape index (κ2) is 12.7. The van der Waals surface area contributed by atoms with Gasteiger partial charge in [-0.15, -0.1) is 11.3 Å². The average molecular weight is 748 g/mol. The number of benzene rings is 6. The van der Waals surface area contributed by atoms with Gasteiger partial charge in [0.2, 0.25) is 0 Å². The summed E-state index contributed by atoms with van der Waals surface area (Å²) in [5.74, 6) is 1.05. The number of allylic oxidation sites excluding steroid dienone is 1. The van der Waals surface area contributed by atoms with E-state index in [4.69, 9.17) is 9.40 Å². The van der Waals surface area contributed by atoms with Gasteiger partial charge in [-0.05, 0) is 125 Å². The molecular weight excluding hydrogens is 715 g/mol.